The van der Waals surface area contributed by atoms with Crippen LogP contribution in [0, 0.1) is 0 Å². The highest BCUT2D eigenvalue weighted by Gasteiger charge is 2.17. The lowest BCUT2D eigenvalue weighted by Crippen LogP contribution is -2.24. The Morgan fingerprint density at radius 2 is 1.48 bits per heavy atom. The molecule has 0 fully saturated rings. The molecule has 40 heavy (non-hydrogen) atoms. The van der Waals surface area contributed by atoms with Crippen LogP contribution in [0.3, 0.4) is 0 Å². The van der Waals surface area contributed by atoms with Gasteiger partial charge in [-0.3, -0.25) is 0 Å². The van der Waals surface area contributed by atoms with Gasteiger partial charge in [-0.2, -0.15) is 0 Å². The van der Waals surface area contributed by atoms with Gasteiger partial charge in [-0.05, 0) is 6.42 Å². The summed E-state index contributed by atoms with van der Waals surface area (Å²) in [7, 11) is -2.82. The summed E-state index contributed by atoms with van der Waals surface area (Å²) in [6, 6.07) is 0. The minimum absolute atomic E-state index is 0.166. The van der Waals surface area contributed by atoms with Crippen molar-refractivity contribution >= 4 is 24.6 Å². The summed E-state index contributed by atoms with van der Waals surface area (Å²) < 4.78 is 34.7. The van der Waals surface area contributed by atoms with Crippen LogP contribution in [0.1, 0.15) is 110 Å². The molecule has 0 saturated heterocycles. The van der Waals surface area contributed by atoms with Crippen LogP contribution >= 0.6 is 7.60 Å². The average Bonchev–Trinajstić information content (AvgIpc) is 3.36. The van der Waals surface area contributed by atoms with Gasteiger partial charge >= 0.3 is 0 Å². The zero-order valence-electron chi connectivity index (χ0n) is 24.6. The molecule has 11 nitrogen and oxygen atoms in total. The molecule has 2 aromatic rings. The lowest BCUT2D eigenvalue weighted by Gasteiger charge is -2.25. The Labute approximate surface area is 240 Å². The van der Waals surface area contributed by atoms with E-state index in [0.29, 0.717) is 17.8 Å². The Balaban J connectivity index is 1.41. The molecular formula is C28H51N5O6P-. The van der Waals surface area contributed by atoms with E-state index >= 15 is 0 Å². The molecule has 0 saturated carbocycles. The van der Waals surface area contributed by atoms with Crippen LogP contribution in [0.4, 0.5) is 5.82 Å². The smallest absolute Gasteiger partial charge is 0.175 e. The van der Waals surface area contributed by atoms with E-state index < -0.39 is 20.2 Å². The standard InChI is InChI=1S/C28H52N5O6P/c1-3-4-5-6-7-8-9-10-11-12-13-14-15-16-17-18-19-37-23-39-40(34,35)24-38-25(36-2)20-33-22-32-26-27(29)30-21-31-28(26)33/h21-22,25H,3-20,23-24H2,1-2H3,(H,34,35)(H2,29,30,31)/p-1/t25-/m0/s1. The van der Waals surface area contributed by atoms with Gasteiger partial charge in [0, 0.05) is 13.7 Å². The van der Waals surface area contributed by atoms with Crippen LogP contribution in [0.2, 0.25) is 0 Å². The number of nitrogen functional groups attached to an aromatic ring is 1. The summed E-state index contributed by atoms with van der Waals surface area (Å²) in [6.45, 7) is 2.59. The number of fused-ring (bicyclic) bond motifs is 1. The highest BCUT2D eigenvalue weighted by Crippen LogP contribution is 2.37. The molecule has 2 atom stereocenters. The first-order valence-electron chi connectivity index (χ1n) is 15.0. The average molecular weight is 585 g/mol. The van der Waals surface area contributed by atoms with Gasteiger partial charge in [-0.15, -0.1) is 0 Å². The lowest BCUT2D eigenvalue weighted by atomic mass is 10.0. The van der Waals surface area contributed by atoms with Crippen LogP contribution in [-0.4, -0.2) is 52.7 Å². The van der Waals surface area contributed by atoms with Gasteiger partial charge in [0.25, 0.3) is 0 Å². The zero-order valence-corrected chi connectivity index (χ0v) is 25.5. The maximum atomic E-state index is 12.2. The molecule has 1 unspecified atom stereocenters. The van der Waals surface area contributed by atoms with E-state index in [2.05, 4.69) is 21.9 Å². The first-order valence-corrected chi connectivity index (χ1v) is 16.8. The van der Waals surface area contributed by atoms with Gasteiger partial charge in [-0.25, -0.2) is 15.0 Å². The molecule has 0 spiro atoms. The molecule has 0 aliphatic heterocycles. The summed E-state index contributed by atoms with van der Waals surface area (Å²) in [5, 5.41) is 0. The van der Waals surface area contributed by atoms with Gasteiger partial charge in [0.15, 0.2) is 32.1 Å². The van der Waals surface area contributed by atoms with Crippen LogP contribution in [0.25, 0.3) is 11.2 Å². The van der Waals surface area contributed by atoms with Gasteiger partial charge in [0.1, 0.15) is 18.2 Å². The summed E-state index contributed by atoms with van der Waals surface area (Å²) >= 11 is 0. The number of hydrogen-bond acceptors (Lipinski definition) is 10. The molecule has 2 aromatic heterocycles. The summed E-state index contributed by atoms with van der Waals surface area (Å²) in [4.78, 5) is 24.4. The van der Waals surface area contributed by atoms with E-state index in [0.717, 1.165) is 12.8 Å². The molecule has 0 amide bonds. The number of methoxy groups -OCH3 is 1. The number of hydrogen-bond donors (Lipinski definition) is 1. The van der Waals surface area contributed by atoms with Crippen molar-refractivity contribution in [3.05, 3.63) is 12.7 Å². The van der Waals surface area contributed by atoms with Crippen molar-refractivity contribution in [2.75, 3.05) is 32.6 Å². The monoisotopic (exact) mass is 584 g/mol. The van der Waals surface area contributed by atoms with Crippen molar-refractivity contribution in [1.82, 2.24) is 19.5 Å². The summed E-state index contributed by atoms with van der Waals surface area (Å²) in [6.07, 6.45) is 22.2. The third-order valence-electron chi connectivity index (χ3n) is 6.93. The zero-order chi connectivity index (χ0) is 28.9. The molecule has 0 aliphatic carbocycles. The van der Waals surface area contributed by atoms with Crippen molar-refractivity contribution in [2.24, 2.45) is 0 Å². The maximum absolute atomic E-state index is 12.2. The summed E-state index contributed by atoms with van der Waals surface area (Å²) in [5.41, 5.74) is 6.75. The molecular weight excluding hydrogens is 533 g/mol. The van der Waals surface area contributed by atoms with Gasteiger partial charge in [0.2, 0.25) is 0 Å². The maximum Gasteiger partial charge on any atom is 0.175 e. The molecule has 0 aromatic carbocycles. The van der Waals surface area contributed by atoms with Crippen molar-refractivity contribution in [3.8, 4) is 0 Å². The van der Waals surface area contributed by atoms with E-state index in [1.165, 1.54) is 110 Å². The molecule has 0 radical (unpaired) electrons. The largest absolute Gasteiger partial charge is 0.777 e. The fourth-order valence-electron chi connectivity index (χ4n) is 4.53. The van der Waals surface area contributed by atoms with Crippen molar-refractivity contribution in [1.29, 1.82) is 0 Å². The van der Waals surface area contributed by atoms with E-state index in [-0.39, 0.29) is 19.2 Å². The van der Waals surface area contributed by atoms with Gasteiger partial charge < -0.3 is 38.5 Å². The second kappa shape index (κ2) is 21.1. The molecule has 230 valence electrons. The van der Waals surface area contributed by atoms with Crippen molar-refractivity contribution < 1.29 is 28.2 Å². The highest BCUT2D eigenvalue weighted by molar-refractivity contribution is 7.51. The Hall–Kier alpha value is -1.62. The molecule has 2 N–H and O–H groups in total. The van der Waals surface area contributed by atoms with Crippen LogP contribution in [0.5, 0.6) is 0 Å². The van der Waals surface area contributed by atoms with Gasteiger partial charge in [-0.1, -0.05) is 103 Å². The summed E-state index contributed by atoms with van der Waals surface area (Å²) in [5.74, 6) is 0.260. The molecule has 0 aliphatic rings. The van der Waals surface area contributed by atoms with Crippen LogP contribution in [-0.2, 0) is 29.8 Å². The predicted octanol–water partition coefficient (Wildman–Crippen LogP) is 6.16. The third-order valence-corrected chi connectivity index (χ3v) is 7.90. The highest BCUT2D eigenvalue weighted by atomic mass is 31.2. The second-order valence-electron chi connectivity index (χ2n) is 10.4. The van der Waals surface area contributed by atoms with Crippen molar-refractivity contribution in [2.45, 2.75) is 122 Å². The van der Waals surface area contributed by atoms with E-state index in [1.54, 1.807) is 4.57 Å². The minimum atomic E-state index is -4.25. The predicted molar refractivity (Wildman–Crippen MR) is 156 cm³/mol. The number of nitrogens with two attached hydrogens (primary N) is 1. The number of rotatable bonds is 26. The molecule has 2 rings (SSSR count). The quantitative estimate of drug-likeness (QED) is 0.0774. The number of aromatic nitrogens is 4. The lowest BCUT2D eigenvalue weighted by molar-refractivity contribution is -0.219. The normalized spacial score (nSPS) is 14.1. The first-order chi connectivity index (χ1) is 19.5. The third kappa shape index (κ3) is 14.8. The SMILES string of the molecule is CCCCCCCCCCCCCCCCCCOCOP(=O)([O-])CO[C@@H](Cn1cnc2c(N)ncnc21)OC. The van der Waals surface area contributed by atoms with Crippen LogP contribution < -0.4 is 10.6 Å². The Morgan fingerprint density at radius 3 is 2.05 bits per heavy atom. The Kier molecular flexibility index (Phi) is 18.3. The Morgan fingerprint density at radius 1 is 0.900 bits per heavy atom. The first kappa shape index (κ1) is 34.6. The van der Waals surface area contributed by atoms with Crippen molar-refractivity contribution in [3.63, 3.8) is 0 Å². The molecule has 12 heteroatoms. The Bertz CT molecular complexity index is 962. The van der Waals surface area contributed by atoms with Crippen LogP contribution in [0.15, 0.2) is 12.7 Å². The van der Waals surface area contributed by atoms with E-state index in [1.807, 2.05) is 0 Å². The number of ether oxygens (including phenoxy) is 3. The molecule has 2 heterocycles. The van der Waals surface area contributed by atoms with E-state index in [9.17, 15) is 9.46 Å². The minimum Gasteiger partial charge on any atom is -0.777 e. The topological polar surface area (TPSA) is 147 Å². The number of imidazole rings is 1. The fourth-order valence-corrected chi connectivity index (χ4v) is 5.19. The number of anilines is 1. The van der Waals surface area contributed by atoms with Gasteiger partial charge in [0.05, 0.1) is 12.9 Å². The number of nitrogens with zero attached hydrogens (tertiary/aromatic N) is 4. The fraction of sp³-hybridized carbons (Fsp3) is 0.821. The van der Waals surface area contributed by atoms with E-state index in [4.69, 9.17) is 24.5 Å². The molecule has 0 bridgehead atoms. The number of unbranched alkanes of at least 4 members (excludes halogenated alkanes) is 15. The second-order valence-corrected chi connectivity index (χ2v) is 12.1.